The maximum absolute atomic E-state index is 10.4. The average Bonchev–Trinajstić information content (AvgIpc) is 3.74. The Morgan fingerprint density at radius 1 is 0.778 bits per heavy atom. The lowest BCUT2D eigenvalue weighted by Gasteiger charge is -2.41. The van der Waals surface area contributed by atoms with E-state index < -0.39 is 41.1 Å². The van der Waals surface area contributed by atoms with Crippen LogP contribution in [0.15, 0.2) is 30.3 Å². The molecule has 0 unspecified atom stereocenters. The minimum absolute atomic E-state index is 0.0169. The van der Waals surface area contributed by atoms with Crippen LogP contribution in [0.1, 0.15) is 47.1 Å². The van der Waals surface area contributed by atoms with E-state index in [1.807, 2.05) is 30.3 Å². The predicted octanol–water partition coefficient (Wildman–Crippen LogP) is 5.24. The summed E-state index contributed by atoms with van der Waals surface area (Å²) >= 11 is 9.53. The normalized spacial score (nSPS) is 30.3. The van der Waals surface area contributed by atoms with Gasteiger partial charge in [-0.2, -0.15) is 0 Å². The lowest BCUT2D eigenvalue weighted by Crippen LogP contribution is -2.59. The zero-order chi connectivity index (χ0) is 34.2. The van der Waals surface area contributed by atoms with Gasteiger partial charge in [-0.3, -0.25) is 0 Å². The maximum atomic E-state index is 10.4. The van der Waals surface area contributed by atoms with Crippen molar-refractivity contribution in [1.82, 2.24) is 5.32 Å². The SMILES string of the molecule is CC(C)(C)[Si](C)(C)OC[C@@H]1OC[C@H](NCc2ccccc2)[C@@H](O)[C@H]1O.CC(C)(C)[Si](C)(C)OC[C@@H]1OC[C@H]2O[C@H]2[C@H]1O.ClCCl. The number of aliphatic hydroxyl groups is 3. The lowest BCUT2D eigenvalue weighted by molar-refractivity contribution is -0.160. The molecule has 0 bridgehead atoms. The van der Waals surface area contributed by atoms with Crippen LogP contribution in [0, 0.1) is 0 Å². The molecule has 0 radical (unpaired) electrons. The Morgan fingerprint density at radius 2 is 1.24 bits per heavy atom. The van der Waals surface area contributed by atoms with Crippen LogP contribution in [0.2, 0.25) is 36.3 Å². The molecule has 4 rings (SSSR count). The van der Waals surface area contributed by atoms with Crippen molar-refractivity contribution in [1.29, 1.82) is 0 Å². The van der Waals surface area contributed by atoms with Gasteiger partial charge < -0.3 is 43.7 Å². The van der Waals surface area contributed by atoms with Crippen molar-refractivity contribution in [3.05, 3.63) is 35.9 Å². The highest BCUT2D eigenvalue weighted by Crippen LogP contribution is 2.39. The van der Waals surface area contributed by atoms with Crippen LogP contribution in [0.5, 0.6) is 0 Å². The summed E-state index contributed by atoms with van der Waals surface area (Å²) in [6.07, 6.45) is -2.96. The van der Waals surface area contributed by atoms with Gasteiger partial charge in [-0.15, -0.1) is 23.2 Å². The van der Waals surface area contributed by atoms with Crippen LogP contribution in [-0.4, -0.2) is 112 Å². The molecule has 0 amide bonds. The summed E-state index contributed by atoms with van der Waals surface area (Å²) in [4.78, 5) is 0. The second-order valence-corrected chi connectivity index (χ2v) is 25.5. The Kier molecular flexibility index (Phi) is 16.0. The molecule has 45 heavy (non-hydrogen) atoms. The molecule has 1 aromatic rings. The van der Waals surface area contributed by atoms with Crippen LogP contribution >= 0.6 is 23.2 Å². The molecule has 9 nitrogen and oxygen atoms in total. The molecule has 3 heterocycles. The van der Waals surface area contributed by atoms with E-state index in [2.05, 4.69) is 73.0 Å². The number of ether oxygens (including phenoxy) is 3. The van der Waals surface area contributed by atoms with Crippen molar-refractivity contribution in [2.45, 2.75) is 133 Å². The Morgan fingerprint density at radius 3 is 1.73 bits per heavy atom. The van der Waals surface area contributed by atoms with Crippen molar-refractivity contribution < 1.29 is 38.4 Å². The summed E-state index contributed by atoms with van der Waals surface area (Å²) < 4.78 is 28.9. The van der Waals surface area contributed by atoms with E-state index in [1.165, 1.54) is 0 Å². The van der Waals surface area contributed by atoms with Crippen molar-refractivity contribution in [2.75, 3.05) is 31.8 Å². The molecule has 1 aromatic carbocycles. The third-order valence-electron chi connectivity index (χ3n) is 9.69. The summed E-state index contributed by atoms with van der Waals surface area (Å²) in [5.41, 5.74) is 1.13. The van der Waals surface area contributed by atoms with E-state index in [0.717, 1.165) is 5.56 Å². The number of halogens is 2. The van der Waals surface area contributed by atoms with Gasteiger partial charge in [-0.1, -0.05) is 71.9 Å². The lowest BCUT2D eigenvalue weighted by atomic mass is 9.98. The molecule has 13 heteroatoms. The van der Waals surface area contributed by atoms with Crippen molar-refractivity contribution in [2.24, 2.45) is 0 Å². The van der Waals surface area contributed by atoms with Gasteiger partial charge in [0.15, 0.2) is 16.6 Å². The van der Waals surface area contributed by atoms with Gasteiger partial charge in [0.2, 0.25) is 0 Å². The van der Waals surface area contributed by atoms with E-state index in [1.54, 1.807) is 0 Å². The smallest absolute Gasteiger partial charge is 0.192 e. The number of fused-ring (bicyclic) bond motifs is 1. The zero-order valence-electron chi connectivity index (χ0n) is 28.9. The second kappa shape index (κ2) is 17.5. The molecule has 3 fully saturated rings. The van der Waals surface area contributed by atoms with Crippen LogP contribution in [0.4, 0.5) is 0 Å². The summed E-state index contributed by atoms with van der Waals surface area (Å²) in [5.74, 6) is 0. The molecule has 0 aliphatic carbocycles. The highest BCUT2D eigenvalue weighted by molar-refractivity contribution is 6.74. The second-order valence-electron chi connectivity index (χ2n) is 15.1. The number of epoxide rings is 1. The van der Waals surface area contributed by atoms with Gasteiger partial charge in [0.05, 0.1) is 37.8 Å². The highest BCUT2D eigenvalue weighted by Gasteiger charge is 2.52. The fourth-order valence-electron chi connectivity index (χ4n) is 4.33. The average molecular weight is 713 g/mol. The predicted molar refractivity (Wildman–Crippen MR) is 186 cm³/mol. The Balaban J connectivity index is 0.000000305. The topological polar surface area (TPSA) is 122 Å². The molecule has 3 aliphatic rings. The molecular weight excluding hydrogens is 653 g/mol. The monoisotopic (exact) mass is 711 g/mol. The number of rotatable bonds is 9. The van der Waals surface area contributed by atoms with Gasteiger partial charge in [0.1, 0.15) is 42.7 Å². The van der Waals surface area contributed by atoms with E-state index >= 15 is 0 Å². The van der Waals surface area contributed by atoms with Crippen LogP contribution in [-0.2, 0) is 29.6 Å². The standard InChI is InChI=1S/C19H33NO4Si.C12H24O4Si.CH2Cl2/c1-19(2,3)25(4,5)24-13-16-18(22)17(21)15(12-23-16)20-11-14-9-7-6-8-10-14;1-12(2,3)17(4,5)15-7-8-10(13)11-9(16-11)6-14-8;2-1-3/h6-10,15-18,20-22H,11-13H2,1-5H3;8-11,13H,6-7H2,1-5H3;1H2/t15-,16-,17+,18-;8-,9+,10-,11+;/m00./s1. The van der Waals surface area contributed by atoms with E-state index in [4.69, 9.17) is 46.3 Å². The van der Waals surface area contributed by atoms with Crippen molar-refractivity contribution in [3.8, 4) is 0 Å². The third kappa shape index (κ3) is 12.4. The minimum Gasteiger partial charge on any atom is -0.414 e. The van der Waals surface area contributed by atoms with Crippen LogP contribution < -0.4 is 5.32 Å². The summed E-state index contributed by atoms with van der Waals surface area (Å²) in [6.45, 7) is 24.3. The fraction of sp³-hybridized carbons (Fsp3) is 0.812. The molecule has 0 spiro atoms. The molecule has 4 N–H and O–H groups in total. The van der Waals surface area contributed by atoms with Crippen LogP contribution in [0.25, 0.3) is 0 Å². The quantitative estimate of drug-likeness (QED) is 0.155. The van der Waals surface area contributed by atoms with Gasteiger partial charge in [0, 0.05) is 6.54 Å². The summed E-state index contributed by atoms with van der Waals surface area (Å²) in [7, 11) is -3.66. The first-order valence-electron chi connectivity index (χ1n) is 15.9. The first-order chi connectivity index (χ1) is 20.8. The molecule has 262 valence electrons. The Labute approximate surface area is 283 Å². The number of aliphatic hydroxyl groups excluding tert-OH is 3. The number of alkyl halides is 2. The zero-order valence-corrected chi connectivity index (χ0v) is 32.4. The van der Waals surface area contributed by atoms with E-state index in [9.17, 15) is 15.3 Å². The number of benzene rings is 1. The molecule has 8 atom stereocenters. The van der Waals surface area contributed by atoms with E-state index in [-0.39, 0.29) is 39.8 Å². The highest BCUT2D eigenvalue weighted by atomic mass is 35.5. The first-order valence-corrected chi connectivity index (χ1v) is 22.7. The third-order valence-corrected chi connectivity index (χ3v) is 18.7. The van der Waals surface area contributed by atoms with Gasteiger partial charge in [-0.05, 0) is 41.8 Å². The molecule has 3 aliphatic heterocycles. The molecular formula is C32H59Cl2NO8Si2. The molecule has 3 saturated heterocycles. The van der Waals surface area contributed by atoms with Gasteiger partial charge >= 0.3 is 0 Å². The Bertz CT molecular complexity index is 996. The molecule has 0 aromatic heterocycles. The summed E-state index contributed by atoms with van der Waals surface area (Å²) in [5, 5.41) is 34.6. The largest absolute Gasteiger partial charge is 0.414 e. The van der Waals surface area contributed by atoms with Crippen molar-refractivity contribution in [3.63, 3.8) is 0 Å². The van der Waals surface area contributed by atoms with E-state index in [0.29, 0.717) is 33.0 Å². The molecule has 0 saturated carbocycles. The number of hydrogen-bond donors (Lipinski definition) is 4. The fourth-order valence-corrected chi connectivity index (χ4v) is 6.36. The van der Waals surface area contributed by atoms with Gasteiger partial charge in [0.25, 0.3) is 0 Å². The van der Waals surface area contributed by atoms with Crippen LogP contribution in [0.3, 0.4) is 0 Å². The Hall–Kier alpha value is -0.126. The number of nitrogens with one attached hydrogen (secondary N) is 1. The van der Waals surface area contributed by atoms with Gasteiger partial charge in [-0.25, -0.2) is 0 Å². The van der Waals surface area contributed by atoms with Crippen molar-refractivity contribution >= 4 is 39.8 Å². The number of hydrogen-bond acceptors (Lipinski definition) is 9. The maximum Gasteiger partial charge on any atom is 0.192 e. The minimum atomic E-state index is -1.91. The first kappa shape index (κ1) is 41.0. The summed E-state index contributed by atoms with van der Waals surface area (Å²) in [6, 6.07) is 9.69.